The van der Waals surface area contributed by atoms with E-state index in [1.165, 1.54) is 6.20 Å². The summed E-state index contributed by atoms with van der Waals surface area (Å²) in [6.45, 7) is -3.71. The Balaban J connectivity index is 2.13. The lowest BCUT2D eigenvalue weighted by Crippen LogP contribution is -2.30. The Morgan fingerprint density at radius 2 is 1.91 bits per heavy atom. The van der Waals surface area contributed by atoms with Gasteiger partial charge in [-0.1, -0.05) is 25.8 Å². The summed E-state index contributed by atoms with van der Waals surface area (Å²) in [5, 5.41) is 0. The molecule has 0 spiro atoms. The highest BCUT2D eigenvalue weighted by Gasteiger charge is 2.37. The lowest BCUT2D eigenvalue weighted by atomic mass is 9.83. The van der Waals surface area contributed by atoms with Crippen molar-refractivity contribution < 1.29 is 12.8 Å². The van der Waals surface area contributed by atoms with Gasteiger partial charge >= 0.3 is 0 Å². The largest absolute Gasteiger partial charge is 0.260 e. The number of hydrogen-bond acceptors (Lipinski definition) is 1. The van der Waals surface area contributed by atoms with Crippen molar-refractivity contribution in [1.29, 1.82) is 0 Å². The van der Waals surface area contributed by atoms with Crippen molar-refractivity contribution >= 4 is 0 Å². The second kappa shape index (κ2) is 4.76. The molecule has 0 bridgehead atoms. The fourth-order valence-electron chi connectivity index (χ4n) is 3.37. The Labute approximate surface area is 145 Å². The van der Waals surface area contributed by atoms with Gasteiger partial charge in [0.25, 0.3) is 0 Å². The van der Waals surface area contributed by atoms with Gasteiger partial charge in [0.2, 0.25) is 5.69 Å². The van der Waals surface area contributed by atoms with Gasteiger partial charge < -0.3 is 0 Å². The maximum atomic E-state index is 8.25. The number of nitrogens with zero attached hydrogens (tertiary/aromatic N) is 2. The number of aryl methyl sites for hydroxylation is 2. The van der Waals surface area contributed by atoms with Crippen LogP contribution in [0.15, 0.2) is 54.9 Å². The minimum Gasteiger partial charge on any atom is -0.260 e. The zero-order valence-electron chi connectivity index (χ0n) is 19.1. The van der Waals surface area contributed by atoms with Crippen molar-refractivity contribution in [3.8, 4) is 22.4 Å². The summed E-state index contributed by atoms with van der Waals surface area (Å²) in [5.41, 5.74) is 2.12. The standard InChI is InChI=1S/C21H21N2/c1-14-12-18-17(13-16(14)19-9-5-6-11-23(19)4)15-8-7-10-22-20(15)21(18,2)3/h5-13H,1-4H3/q+1/i2D3,3D3. The van der Waals surface area contributed by atoms with Crippen LogP contribution in [0.4, 0.5) is 0 Å². The molecule has 2 heteroatoms. The van der Waals surface area contributed by atoms with E-state index in [0.717, 1.165) is 16.8 Å². The summed E-state index contributed by atoms with van der Waals surface area (Å²) in [4.78, 5) is 4.28. The normalized spacial score (nSPS) is 19.4. The van der Waals surface area contributed by atoms with Gasteiger partial charge in [-0.25, -0.2) is 4.57 Å². The van der Waals surface area contributed by atoms with Crippen LogP contribution in [0.5, 0.6) is 0 Å². The van der Waals surface area contributed by atoms with E-state index in [4.69, 9.17) is 8.22 Å². The smallest absolute Gasteiger partial charge is 0.212 e. The summed E-state index contributed by atoms with van der Waals surface area (Å²) >= 11 is 0. The first kappa shape index (κ1) is 8.97. The lowest BCUT2D eigenvalue weighted by Gasteiger charge is -2.20. The fraction of sp³-hybridized carbons (Fsp3) is 0.238. The Kier molecular flexibility index (Phi) is 1.86. The van der Waals surface area contributed by atoms with Crippen LogP contribution in [0.1, 0.15) is 38.7 Å². The first-order valence-corrected chi connectivity index (χ1v) is 7.56. The van der Waals surface area contributed by atoms with Crippen LogP contribution in [-0.2, 0) is 12.5 Å². The van der Waals surface area contributed by atoms with E-state index in [1.807, 2.05) is 49.0 Å². The number of fused-ring (bicyclic) bond motifs is 3. The highest BCUT2D eigenvalue weighted by atomic mass is 14.9. The van der Waals surface area contributed by atoms with E-state index < -0.39 is 19.1 Å². The van der Waals surface area contributed by atoms with E-state index in [2.05, 4.69) is 4.98 Å². The van der Waals surface area contributed by atoms with Crippen molar-refractivity contribution in [2.75, 3.05) is 0 Å². The van der Waals surface area contributed by atoms with Crippen molar-refractivity contribution in [3.63, 3.8) is 0 Å². The molecule has 4 rings (SSSR count). The van der Waals surface area contributed by atoms with Gasteiger partial charge in [0.1, 0.15) is 7.05 Å². The number of benzene rings is 1. The average Bonchev–Trinajstić information content (AvgIpc) is 2.91. The molecule has 1 aliphatic carbocycles. The molecule has 1 aromatic carbocycles. The second-order valence-corrected chi connectivity index (χ2v) is 6.06. The Bertz CT molecular complexity index is 1100. The van der Waals surface area contributed by atoms with Crippen molar-refractivity contribution in [2.45, 2.75) is 26.0 Å². The molecule has 1 aliphatic rings. The molecule has 0 N–H and O–H groups in total. The van der Waals surface area contributed by atoms with Gasteiger partial charge in [-0.2, -0.15) is 0 Å². The zero-order valence-corrected chi connectivity index (χ0v) is 13.1. The van der Waals surface area contributed by atoms with Crippen molar-refractivity contribution in [2.24, 2.45) is 7.05 Å². The number of rotatable bonds is 1. The Morgan fingerprint density at radius 1 is 1.04 bits per heavy atom. The van der Waals surface area contributed by atoms with E-state index in [1.54, 1.807) is 18.2 Å². The molecule has 0 atom stereocenters. The third kappa shape index (κ3) is 1.94. The van der Waals surface area contributed by atoms with E-state index >= 15 is 0 Å². The monoisotopic (exact) mass is 307 g/mol. The van der Waals surface area contributed by atoms with Crippen LogP contribution in [-0.4, -0.2) is 4.98 Å². The van der Waals surface area contributed by atoms with Gasteiger partial charge in [-0.15, -0.1) is 0 Å². The molecule has 0 radical (unpaired) electrons. The summed E-state index contributed by atoms with van der Waals surface area (Å²) < 4.78 is 51.5. The van der Waals surface area contributed by atoms with Gasteiger partial charge in [0.05, 0.1) is 5.69 Å². The maximum absolute atomic E-state index is 8.25. The van der Waals surface area contributed by atoms with Gasteiger partial charge in [-0.05, 0) is 41.8 Å². The summed E-state index contributed by atoms with van der Waals surface area (Å²) in [6.07, 6.45) is 3.40. The number of pyridine rings is 2. The van der Waals surface area contributed by atoms with Crippen LogP contribution >= 0.6 is 0 Å². The quantitative estimate of drug-likeness (QED) is 0.616. The third-order valence-corrected chi connectivity index (χ3v) is 4.55. The van der Waals surface area contributed by atoms with Gasteiger partial charge in [0.15, 0.2) is 6.20 Å². The molecule has 0 amide bonds. The first-order chi connectivity index (χ1) is 13.5. The van der Waals surface area contributed by atoms with Crippen LogP contribution in [0.25, 0.3) is 22.4 Å². The summed E-state index contributed by atoms with van der Waals surface area (Å²) in [6, 6.07) is 12.9. The minimum atomic E-state index is -2.79. The Morgan fingerprint density at radius 3 is 2.70 bits per heavy atom. The third-order valence-electron chi connectivity index (χ3n) is 4.55. The summed E-state index contributed by atoms with van der Waals surface area (Å²) in [5.74, 6) is 0. The zero-order chi connectivity index (χ0) is 21.2. The van der Waals surface area contributed by atoms with Gasteiger partial charge in [-0.3, -0.25) is 4.98 Å². The molecular formula is C21H21N2+. The highest BCUT2D eigenvalue weighted by Crippen LogP contribution is 2.49. The molecule has 0 saturated heterocycles. The topological polar surface area (TPSA) is 16.8 Å². The van der Waals surface area contributed by atoms with Crippen molar-refractivity contribution in [1.82, 2.24) is 4.98 Å². The van der Waals surface area contributed by atoms with Gasteiger partial charge in [0, 0.05) is 43.1 Å². The number of aromatic nitrogens is 2. The molecule has 0 saturated carbocycles. The van der Waals surface area contributed by atoms with Crippen LogP contribution < -0.4 is 4.57 Å². The van der Waals surface area contributed by atoms with Crippen LogP contribution in [0.2, 0.25) is 0 Å². The molecule has 114 valence electrons. The van der Waals surface area contributed by atoms with Crippen LogP contribution in [0, 0.1) is 6.92 Å². The molecule has 2 nitrogen and oxygen atoms in total. The molecule has 0 aliphatic heterocycles. The lowest BCUT2D eigenvalue weighted by molar-refractivity contribution is -0.660. The van der Waals surface area contributed by atoms with Crippen molar-refractivity contribution in [3.05, 3.63) is 71.7 Å². The molecular weight excluding hydrogens is 280 g/mol. The second-order valence-electron chi connectivity index (χ2n) is 6.06. The first-order valence-electron chi connectivity index (χ1n) is 10.6. The molecule has 23 heavy (non-hydrogen) atoms. The fourth-order valence-corrected chi connectivity index (χ4v) is 3.37. The molecule has 2 aromatic heterocycles. The molecule has 0 fully saturated rings. The van der Waals surface area contributed by atoms with Crippen LogP contribution in [0.3, 0.4) is 0 Å². The molecule has 0 unspecified atom stereocenters. The molecule has 2 heterocycles. The predicted molar refractivity (Wildman–Crippen MR) is 93.2 cm³/mol. The van der Waals surface area contributed by atoms with E-state index in [0.29, 0.717) is 16.7 Å². The van der Waals surface area contributed by atoms with E-state index in [9.17, 15) is 0 Å². The van der Waals surface area contributed by atoms with E-state index in [-0.39, 0.29) is 5.69 Å². The minimum absolute atomic E-state index is 0.101. The average molecular weight is 307 g/mol. The number of hydrogen-bond donors (Lipinski definition) is 0. The maximum Gasteiger partial charge on any atom is 0.212 e. The SMILES string of the molecule is [2H]C([2H])([2H])C1(C([2H])([2H])[2H])c2cc(C)c(-c3cccc[n+]3C)cc2-c2cccnc21. The summed E-state index contributed by atoms with van der Waals surface area (Å²) in [7, 11) is 1.94. The Hall–Kier alpha value is -2.48. The predicted octanol–water partition coefficient (Wildman–Crippen LogP) is 4.19. The highest BCUT2D eigenvalue weighted by molar-refractivity contribution is 5.83. The molecule has 3 aromatic rings.